The number of rotatable bonds is 7. The number of methoxy groups -OCH3 is 2. The smallest absolute Gasteiger partial charge is 0.335 e. The fourth-order valence-corrected chi connectivity index (χ4v) is 1.98. The first kappa shape index (κ1) is 15.8. The van der Waals surface area contributed by atoms with Crippen LogP contribution in [0.1, 0.15) is 21.5 Å². The van der Waals surface area contributed by atoms with Crippen molar-refractivity contribution in [3.8, 4) is 11.8 Å². The molecule has 0 aliphatic rings. The Kier molecular flexibility index (Phi) is 5.32. The van der Waals surface area contributed by atoms with Crippen LogP contribution < -0.4 is 14.8 Å². The van der Waals surface area contributed by atoms with E-state index in [-0.39, 0.29) is 5.56 Å². The van der Waals surface area contributed by atoms with Crippen LogP contribution in [0.3, 0.4) is 0 Å². The van der Waals surface area contributed by atoms with Crippen molar-refractivity contribution in [1.82, 2.24) is 10.3 Å². The SMILES string of the molecule is COc1ccc(CNCc2ccc(C(=O)O)cc2)c(OC)n1. The summed E-state index contributed by atoms with van der Waals surface area (Å²) in [6.07, 6.45) is 0. The number of benzene rings is 1. The van der Waals surface area contributed by atoms with Crippen LogP contribution in [0.4, 0.5) is 0 Å². The van der Waals surface area contributed by atoms with Crippen molar-refractivity contribution in [3.63, 3.8) is 0 Å². The van der Waals surface area contributed by atoms with Crippen LogP contribution in [-0.4, -0.2) is 30.3 Å². The molecule has 1 aromatic carbocycles. The molecule has 0 aliphatic heterocycles. The van der Waals surface area contributed by atoms with E-state index in [4.69, 9.17) is 14.6 Å². The molecule has 0 saturated carbocycles. The lowest BCUT2D eigenvalue weighted by Gasteiger charge is -2.10. The lowest BCUT2D eigenvalue weighted by atomic mass is 10.1. The maximum absolute atomic E-state index is 10.8. The van der Waals surface area contributed by atoms with Gasteiger partial charge in [0.2, 0.25) is 11.8 Å². The Balaban J connectivity index is 1.94. The maximum atomic E-state index is 10.8. The van der Waals surface area contributed by atoms with Gasteiger partial charge in [0, 0.05) is 24.7 Å². The van der Waals surface area contributed by atoms with Crippen molar-refractivity contribution in [2.45, 2.75) is 13.1 Å². The summed E-state index contributed by atoms with van der Waals surface area (Å²) in [4.78, 5) is 15.0. The van der Waals surface area contributed by atoms with E-state index in [1.807, 2.05) is 6.07 Å². The molecule has 6 nitrogen and oxygen atoms in total. The van der Waals surface area contributed by atoms with Gasteiger partial charge in [-0.3, -0.25) is 0 Å². The highest BCUT2D eigenvalue weighted by Gasteiger charge is 2.07. The second-order valence-electron chi connectivity index (χ2n) is 4.63. The summed E-state index contributed by atoms with van der Waals surface area (Å²) in [5.74, 6) is 0.103. The Morgan fingerprint density at radius 1 is 1.09 bits per heavy atom. The van der Waals surface area contributed by atoms with Crippen molar-refractivity contribution in [1.29, 1.82) is 0 Å². The summed E-state index contributed by atoms with van der Waals surface area (Å²) in [6.45, 7) is 1.20. The topological polar surface area (TPSA) is 80.7 Å². The standard InChI is InChI=1S/C16H18N2O4/c1-21-14-8-7-13(15(18-14)22-2)10-17-9-11-3-5-12(6-4-11)16(19)20/h3-8,17H,9-10H2,1-2H3,(H,19,20). The van der Waals surface area contributed by atoms with Crippen LogP contribution in [0.5, 0.6) is 11.8 Å². The molecule has 22 heavy (non-hydrogen) atoms. The molecule has 0 saturated heterocycles. The predicted octanol–water partition coefficient (Wildman–Crippen LogP) is 2.09. The van der Waals surface area contributed by atoms with E-state index in [1.165, 1.54) is 0 Å². The van der Waals surface area contributed by atoms with Gasteiger partial charge in [-0.25, -0.2) is 4.79 Å². The van der Waals surface area contributed by atoms with Crippen molar-refractivity contribution >= 4 is 5.97 Å². The predicted molar refractivity (Wildman–Crippen MR) is 81.3 cm³/mol. The van der Waals surface area contributed by atoms with Gasteiger partial charge in [0.1, 0.15) is 0 Å². The highest BCUT2D eigenvalue weighted by Crippen LogP contribution is 2.19. The summed E-state index contributed by atoms with van der Waals surface area (Å²) >= 11 is 0. The van der Waals surface area contributed by atoms with Crippen LogP contribution in [-0.2, 0) is 13.1 Å². The zero-order chi connectivity index (χ0) is 15.9. The first-order valence-corrected chi connectivity index (χ1v) is 6.75. The molecule has 2 aromatic rings. The number of hydrogen-bond donors (Lipinski definition) is 2. The van der Waals surface area contributed by atoms with Crippen molar-refractivity contribution in [2.24, 2.45) is 0 Å². The van der Waals surface area contributed by atoms with Gasteiger partial charge in [0.05, 0.1) is 19.8 Å². The molecule has 1 aromatic heterocycles. The number of nitrogens with zero attached hydrogens (tertiary/aromatic N) is 1. The molecule has 2 N–H and O–H groups in total. The Morgan fingerprint density at radius 3 is 2.41 bits per heavy atom. The van der Waals surface area contributed by atoms with E-state index >= 15 is 0 Å². The minimum atomic E-state index is -0.923. The van der Waals surface area contributed by atoms with Crippen LogP contribution in [0.2, 0.25) is 0 Å². The summed E-state index contributed by atoms with van der Waals surface area (Å²) in [6, 6.07) is 10.4. The molecule has 0 unspecified atom stereocenters. The lowest BCUT2D eigenvalue weighted by molar-refractivity contribution is 0.0697. The van der Waals surface area contributed by atoms with Gasteiger partial charge in [-0.05, 0) is 23.8 Å². The Hall–Kier alpha value is -2.60. The molecule has 0 fully saturated rings. The molecule has 0 atom stereocenters. The van der Waals surface area contributed by atoms with E-state index in [0.29, 0.717) is 24.8 Å². The molecule has 2 rings (SSSR count). The number of aromatic nitrogens is 1. The number of carbonyl (C=O) groups is 1. The van der Waals surface area contributed by atoms with Crippen LogP contribution in [0.15, 0.2) is 36.4 Å². The van der Waals surface area contributed by atoms with Gasteiger partial charge in [-0.15, -0.1) is 0 Å². The van der Waals surface area contributed by atoms with Crippen molar-refractivity contribution in [2.75, 3.05) is 14.2 Å². The monoisotopic (exact) mass is 302 g/mol. The Bertz CT molecular complexity index is 641. The molecule has 0 radical (unpaired) electrons. The lowest BCUT2D eigenvalue weighted by Crippen LogP contribution is -2.14. The molecule has 1 heterocycles. The molecule has 0 bridgehead atoms. The van der Waals surface area contributed by atoms with E-state index in [2.05, 4.69) is 10.3 Å². The summed E-state index contributed by atoms with van der Waals surface area (Å²) in [5, 5.41) is 12.1. The average molecular weight is 302 g/mol. The average Bonchev–Trinajstić information content (AvgIpc) is 2.55. The zero-order valence-corrected chi connectivity index (χ0v) is 12.5. The summed E-state index contributed by atoms with van der Waals surface area (Å²) in [5.41, 5.74) is 2.21. The molecule has 0 aliphatic carbocycles. The van der Waals surface area contributed by atoms with Gasteiger partial charge >= 0.3 is 5.97 Å². The van der Waals surface area contributed by atoms with Crippen molar-refractivity contribution in [3.05, 3.63) is 53.1 Å². The normalized spacial score (nSPS) is 10.3. The van der Waals surface area contributed by atoms with Gasteiger partial charge in [-0.1, -0.05) is 12.1 Å². The summed E-state index contributed by atoms with van der Waals surface area (Å²) < 4.78 is 10.3. The maximum Gasteiger partial charge on any atom is 0.335 e. The molecular formula is C16H18N2O4. The third-order valence-electron chi connectivity index (χ3n) is 3.16. The van der Waals surface area contributed by atoms with E-state index in [1.54, 1.807) is 44.6 Å². The number of carboxylic acids is 1. The fourth-order valence-electron chi connectivity index (χ4n) is 1.98. The number of pyridine rings is 1. The number of hydrogen-bond acceptors (Lipinski definition) is 5. The van der Waals surface area contributed by atoms with E-state index < -0.39 is 5.97 Å². The van der Waals surface area contributed by atoms with Gasteiger partial charge in [0.25, 0.3) is 0 Å². The third-order valence-corrected chi connectivity index (χ3v) is 3.16. The molecule has 6 heteroatoms. The zero-order valence-electron chi connectivity index (χ0n) is 12.5. The quantitative estimate of drug-likeness (QED) is 0.815. The fraction of sp³-hybridized carbons (Fsp3) is 0.250. The Labute approximate surface area is 128 Å². The summed E-state index contributed by atoms with van der Waals surface area (Å²) in [7, 11) is 3.12. The largest absolute Gasteiger partial charge is 0.481 e. The molecule has 0 amide bonds. The van der Waals surface area contributed by atoms with Crippen LogP contribution in [0.25, 0.3) is 0 Å². The Morgan fingerprint density at radius 2 is 1.82 bits per heavy atom. The minimum absolute atomic E-state index is 0.282. The number of aromatic carboxylic acids is 1. The van der Waals surface area contributed by atoms with Crippen molar-refractivity contribution < 1.29 is 19.4 Å². The van der Waals surface area contributed by atoms with Gasteiger partial charge < -0.3 is 19.9 Å². The molecule has 116 valence electrons. The van der Waals surface area contributed by atoms with Gasteiger partial charge in [0.15, 0.2) is 0 Å². The van der Waals surface area contributed by atoms with Crippen LogP contribution in [0, 0.1) is 0 Å². The second-order valence-corrected chi connectivity index (χ2v) is 4.63. The minimum Gasteiger partial charge on any atom is -0.481 e. The number of nitrogens with one attached hydrogen (secondary N) is 1. The van der Waals surface area contributed by atoms with Gasteiger partial charge in [-0.2, -0.15) is 4.98 Å². The third kappa shape index (κ3) is 3.95. The number of ether oxygens (including phenoxy) is 2. The van der Waals surface area contributed by atoms with E-state index in [9.17, 15) is 4.79 Å². The van der Waals surface area contributed by atoms with E-state index in [0.717, 1.165) is 11.1 Å². The second kappa shape index (κ2) is 7.42. The molecular weight excluding hydrogens is 284 g/mol. The first-order valence-electron chi connectivity index (χ1n) is 6.75. The van der Waals surface area contributed by atoms with Crippen LogP contribution >= 0.6 is 0 Å². The highest BCUT2D eigenvalue weighted by molar-refractivity contribution is 5.87. The molecule has 0 spiro atoms. The first-order chi connectivity index (χ1) is 10.6. The number of carboxylic acid groups (broad SMARTS) is 1. The highest BCUT2D eigenvalue weighted by atomic mass is 16.5.